The quantitative estimate of drug-likeness (QED) is 0.721. The first-order valence-corrected chi connectivity index (χ1v) is 8.64. The maximum absolute atomic E-state index is 12.4. The van der Waals surface area contributed by atoms with Crippen molar-refractivity contribution in [3.8, 4) is 17.2 Å². The third-order valence-corrected chi connectivity index (χ3v) is 4.45. The van der Waals surface area contributed by atoms with Gasteiger partial charge in [-0.2, -0.15) is 0 Å². The van der Waals surface area contributed by atoms with E-state index in [1.807, 2.05) is 0 Å². The first-order valence-electron chi connectivity index (χ1n) is 8.64. The largest absolute Gasteiger partial charge is 0.493 e. The lowest BCUT2D eigenvalue weighted by atomic mass is 9.92. The van der Waals surface area contributed by atoms with E-state index in [1.54, 1.807) is 4.90 Å². The molecule has 0 aliphatic carbocycles. The molecule has 1 aliphatic heterocycles. The Morgan fingerprint density at radius 1 is 1.00 bits per heavy atom. The number of carbonyl (C=O) groups is 2. The minimum atomic E-state index is -0.615. The molecule has 1 saturated heterocycles. The zero-order valence-corrected chi connectivity index (χ0v) is 16.0. The fourth-order valence-electron chi connectivity index (χ4n) is 3.37. The predicted octanol–water partition coefficient (Wildman–Crippen LogP) is 2.37. The molecule has 1 heterocycles. The molecule has 0 aromatic heterocycles. The average molecular weight is 365 g/mol. The number of esters is 1. The zero-order chi connectivity index (χ0) is 19.3. The van der Waals surface area contributed by atoms with Crippen LogP contribution in [0.4, 0.5) is 0 Å². The van der Waals surface area contributed by atoms with Crippen molar-refractivity contribution in [1.29, 1.82) is 0 Å². The van der Waals surface area contributed by atoms with Crippen molar-refractivity contribution in [1.82, 2.24) is 4.90 Å². The van der Waals surface area contributed by atoms with Gasteiger partial charge in [0.25, 0.3) is 5.91 Å². The van der Waals surface area contributed by atoms with Gasteiger partial charge in [0.15, 0.2) is 18.1 Å². The lowest BCUT2D eigenvalue weighted by Gasteiger charge is -2.34. The summed E-state index contributed by atoms with van der Waals surface area (Å²) in [7, 11) is 4.42. The Morgan fingerprint density at radius 2 is 1.54 bits per heavy atom. The summed E-state index contributed by atoms with van der Waals surface area (Å²) >= 11 is 0. The van der Waals surface area contributed by atoms with Crippen molar-refractivity contribution in [2.24, 2.45) is 11.8 Å². The highest BCUT2D eigenvalue weighted by Gasteiger charge is 2.26. The number of piperidine rings is 1. The van der Waals surface area contributed by atoms with Crippen LogP contribution in [0, 0.1) is 11.8 Å². The lowest BCUT2D eigenvalue weighted by Crippen LogP contribution is -2.44. The molecule has 7 heteroatoms. The van der Waals surface area contributed by atoms with E-state index < -0.39 is 5.97 Å². The first-order chi connectivity index (χ1) is 12.4. The third-order valence-electron chi connectivity index (χ3n) is 4.45. The van der Waals surface area contributed by atoms with Crippen molar-refractivity contribution in [2.45, 2.75) is 20.3 Å². The van der Waals surface area contributed by atoms with Crippen LogP contribution in [-0.4, -0.2) is 57.8 Å². The van der Waals surface area contributed by atoms with Crippen LogP contribution in [0.25, 0.3) is 0 Å². The van der Waals surface area contributed by atoms with Crippen LogP contribution in [0.2, 0.25) is 0 Å². The number of hydrogen-bond acceptors (Lipinski definition) is 6. The standard InChI is InChI=1S/C19H27NO6/c1-12-6-13(2)10-20(9-12)17(21)11-26-19(22)14-7-15(23-3)18(25-5)16(8-14)24-4/h7-8,12-13H,6,9-11H2,1-5H3/t12-,13-/m0/s1. The van der Waals surface area contributed by atoms with E-state index in [9.17, 15) is 9.59 Å². The molecule has 144 valence electrons. The van der Waals surface area contributed by atoms with Gasteiger partial charge in [-0.25, -0.2) is 4.79 Å². The second-order valence-corrected chi connectivity index (χ2v) is 6.73. The van der Waals surface area contributed by atoms with Gasteiger partial charge in [0, 0.05) is 13.1 Å². The molecule has 26 heavy (non-hydrogen) atoms. The number of rotatable bonds is 6. The van der Waals surface area contributed by atoms with Crippen LogP contribution in [-0.2, 0) is 9.53 Å². The molecular weight excluding hydrogens is 338 g/mol. The molecule has 0 spiro atoms. The summed E-state index contributed by atoms with van der Waals surface area (Å²) in [5, 5.41) is 0. The monoisotopic (exact) mass is 365 g/mol. The summed E-state index contributed by atoms with van der Waals surface area (Å²) in [6.45, 7) is 5.36. The minimum Gasteiger partial charge on any atom is -0.493 e. The first kappa shape index (κ1) is 19.9. The lowest BCUT2D eigenvalue weighted by molar-refractivity contribution is -0.137. The summed E-state index contributed by atoms with van der Waals surface area (Å²) in [6.07, 6.45) is 1.11. The molecule has 0 radical (unpaired) electrons. The van der Waals surface area contributed by atoms with Gasteiger partial charge in [-0.1, -0.05) is 13.8 Å². The van der Waals surface area contributed by atoms with Crippen molar-refractivity contribution in [2.75, 3.05) is 41.0 Å². The van der Waals surface area contributed by atoms with Crippen LogP contribution >= 0.6 is 0 Å². The molecule has 7 nitrogen and oxygen atoms in total. The fraction of sp³-hybridized carbons (Fsp3) is 0.579. The van der Waals surface area contributed by atoms with Crippen LogP contribution in [0.15, 0.2) is 12.1 Å². The molecule has 1 amide bonds. The maximum Gasteiger partial charge on any atom is 0.338 e. The third kappa shape index (κ3) is 4.59. The summed E-state index contributed by atoms with van der Waals surface area (Å²) in [5.74, 6) is 1.20. The Bertz CT molecular complexity index is 624. The Hall–Kier alpha value is -2.44. The Morgan fingerprint density at radius 3 is 2.00 bits per heavy atom. The number of methoxy groups -OCH3 is 3. The highest BCUT2D eigenvalue weighted by molar-refractivity contribution is 5.92. The van der Waals surface area contributed by atoms with Gasteiger partial charge >= 0.3 is 5.97 Å². The van der Waals surface area contributed by atoms with E-state index in [-0.39, 0.29) is 18.1 Å². The van der Waals surface area contributed by atoms with E-state index in [0.717, 1.165) is 6.42 Å². The highest BCUT2D eigenvalue weighted by atomic mass is 16.5. The van der Waals surface area contributed by atoms with Gasteiger partial charge in [0.1, 0.15) is 0 Å². The number of likely N-dealkylation sites (tertiary alicyclic amines) is 1. The van der Waals surface area contributed by atoms with E-state index in [2.05, 4.69) is 13.8 Å². The number of amides is 1. The molecule has 1 aliphatic rings. The number of nitrogens with zero attached hydrogens (tertiary/aromatic N) is 1. The van der Waals surface area contributed by atoms with Gasteiger partial charge in [-0.05, 0) is 30.4 Å². The van der Waals surface area contributed by atoms with E-state index in [0.29, 0.717) is 42.2 Å². The number of benzene rings is 1. The Balaban J connectivity index is 2.04. The number of hydrogen-bond donors (Lipinski definition) is 0. The average Bonchev–Trinajstić information content (AvgIpc) is 2.63. The van der Waals surface area contributed by atoms with Crippen LogP contribution in [0.5, 0.6) is 17.2 Å². The van der Waals surface area contributed by atoms with Crippen LogP contribution in [0.3, 0.4) is 0 Å². The van der Waals surface area contributed by atoms with Crippen LogP contribution in [0.1, 0.15) is 30.6 Å². The summed E-state index contributed by atoms with van der Waals surface area (Å²) in [6, 6.07) is 3.00. The van der Waals surface area contributed by atoms with E-state index in [4.69, 9.17) is 18.9 Å². The molecule has 1 aromatic rings. The molecule has 0 N–H and O–H groups in total. The summed E-state index contributed by atoms with van der Waals surface area (Å²) in [4.78, 5) is 26.5. The van der Waals surface area contributed by atoms with Crippen LogP contribution < -0.4 is 14.2 Å². The number of carbonyl (C=O) groups excluding carboxylic acids is 2. The van der Waals surface area contributed by atoms with Gasteiger partial charge in [-0.15, -0.1) is 0 Å². The maximum atomic E-state index is 12.4. The van der Waals surface area contributed by atoms with Crippen molar-refractivity contribution in [3.05, 3.63) is 17.7 Å². The molecule has 0 saturated carbocycles. The van der Waals surface area contributed by atoms with Crippen molar-refractivity contribution < 1.29 is 28.5 Å². The minimum absolute atomic E-state index is 0.177. The van der Waals surface area contributed by atoms with Gasteiger partial charge < -0.3 is 23.8 Å². The highest BCUT2D eigenvalue weighted by Crippen LogP contribution is 2.38. The second kappa shape index (κ2) is 8.78. The molecule has 1 fully saturated rings. The zero-order valence-electron chi connectivity index (χ0n) is 16.0. The van der Waals surface area contributed by atoms with Crippen molar-refractivity contribution in [3.63, 3.8) is 0 Å². The molecule has 0 unspecified atom stereocenters. The molecule has 2 rings (SSSR count). The van der Waals surface area contributed by atoms with E-state index >= 15 is 0 Å². The summed E-state index contributed by atoms with van der Waals surface area (Å²) < 4.78 is 20.9. The molecular formula is C19H27NO6. The smallest absolute Gasteiger partial charge is 0.338 e. The normalized spacial score (nSPS) is 19.7. The Labute approximate surface area is 154 Å². The number of ether oxygens (including phenoxy) is 4. The topological polar surface area (TPSA) is 74.3 Å². The molecule has 1 aromatic carbocycles. The van der Waals surface area contributed by atoms with Gasteiger partial charge in [-0.3, -0.25) is 4.79 Å². The summed E-state index contributed by atoms with van der Waals surface area (Å²) in [5.41, 5.74) is 0.229. The molecule has 2 atom stereocenters. The second-order valence-electron chi connectivity index (χ2n) is 6.73. The predicted molar refractivity (Wildman–Crippen MR) is 95.9 cm³/mol. The molecule has 0 bridgehead atoms. The van der Waals surface area contributed by atoms with E-state index in [1.165, 1.54) is 33.5 Å². The fourth-order valence-corrected chi connectivity index (χ4v) is 3.37. The van der Waals surface area contributed by atoms with Crippen molar-refractivity contribution >= 4 is 11.9 Å². The SMILES string of the molecule is COc1cc(C(=O)OCC(=O)N2C[C@@H](C)C[C@H](C)C2)cc(OC)c1OC. The Kier molecular flexibility index (Phi) is 6.71. The van der Waals surface area contributed by atoms with Gasteiger partial charge in [0.05, 0.1) is 26.9 Å². The van der Waals surface area contributed by atoms with Gasteiger partial charge in [0.2, 0.25) is 5.75 Å².